The zero-order valence-electron chi connectivity index (χ0n) is 14.4. The number of aliphatic carboxylic acids is 2. The third-order valence-electron chi connectivity index (χ3n) is 3.17. The predicted octanol–water partition coefficient (Wildman–Crippen LogP) is -8.59. The largest absolute Gasteiger partial charge is 2.00 e. The second-order valence-electron chi connectivity index (χ2n) is 5.29. The Morgan fingerprint density at radius 1 is 0.724 bits per heavy atom. The Kier molecular flexibility index (Phi) is 17.5. The Morgan fingerprint density at radius 3 is 1.07 bits per heavy atom. The average molecular weight is 588 g/mol. The number of carbonyl (C=O) groups is 2. The fraction of sp³-hybridized carbons (Fsp3) is 0.833. The number of halogens is 2. The van der Waals surface area contributed by atoms with Crippen molar-refractivity contribution in [2.75, 3.05) is 13.2 Å². The molecule has 0 amide bonds. The molecule has 168 valence electrons. The van der Waals surface area contributed by atoms with Crippen molar-refractivity contribution < 1.29 is 70.9 Å². The number of carboxylic acids is 2. The van der Waals surface area contributed by atoms with Crippen LogP contribution in [0.4, 0.5) is 0 Å². The predicted molar refractivity (Wildman–Crippen MR) is 93.7 cm³/mol. The molecule has 0 aliphatic rings. The molecule has 0 aromatic carbocycles. The van der Waals surface area contributed by atoms with Crippen molar-refractivity contribution in [3.63, 3.8) is 0 Å². The van der Waals surface area contributed by atoms with Crippen LogP contribution in [0, 0.1) is 0 Å². The number of alkyl halides is 2. The summed E-state index contributed by atoms with van der Waals surface area (Å²) in [6, 6.07) is 0. The number of rotatable bonds is 10. The van der Waals surface area contributed by atoms with Gasteiger partial charge in [0, 0.05) is 0 Å². The van der Waals surface area contributed by atoms with Crippen molar-refractivity contribution >= 4 is 81.5 Å². The third kappa shape index (κ3) is 10.3. The topological polar surface area (TPSA) is 283 Å². The minimum absolute atomic E-state index is 0. The van der Waals surface area contributed by atoms with Crippen molar-refractivity contribution in [1.29, 1.82) is 0 Å². The summed E-state index contributed by atoms with van der Waals surface area (Å²) in [5.41, 5.74) is 0. The Hall–Kier alpha value is 0.760. The number of hydrogen-bond donors (Lipinski definition) is 10. The van der Waals surface area contributed by atoms with Crippen molar-refractivity contribution in [1.82, 2.24) is 0 Å². The molecule has 10 N–H and O–H groups in total. The molecule has 0 spiro atoms. The summed E-state index contributed by atoms with van der Waals surface area (Å²) in [6.07, 6.45) is -12.1. The van der Waals surface area contributed by atoms with Crippen LogP contribution in [0.25, 0.3) is 0 Å². The Bertz CT molecular complexity index is 463. The van der Waals surface area contributed by atoms with Gasteiger partial charge in [-0.05, 0) is 31.9 Å². The SMILES string of the molecule is O=C([O-])[C@@](O)(Br)[C@@H](O)[C@H](O)[C@H](O)CO.O=C([O-])[C@@](O)(Br)[C@@H](O)[C@H](O)[C@H](O)CO.[Ca+2]. The first kappa shape index (κ1) is 34.4. The molecule has 17 heteroatoms. The second-order valence-corrected chi connectivity index (χ2v) is 7.71. The molecule has 0 saturated heterocycles. The average Bonchev–Trinajstić information content (AvgIpc) is 2.63. The standard InChI is InChI=1S/2C6H11BrO7.Ca/c2*7-6(14,5(12)13)4(11)3(10)2(9)1-8;/h2*2-4,8-11,14H,1H2,(H,12,13);/q;;+2/p-2/t2*2-,3-,4+,6-;/m11./s1. The van der Waals surface area contributed by atoms with E-state index in [1.807, 2.05) is 0 Å². The number of aliphatic hydroxyl groups is 10. The van der Waals surface area contributed by atoms with Gasteiger partial charge in [-0.2, -0.15) is 0 Å². The molecule has 0 heterocycles. The summed E-state index contributed by atoms with van der Waals surface area (Å²) in [7, 11) is 0. The van der Waals surface area contributed by atoms with Crippen LogP contribution in [0.2, 0.25) is 0 Å². The van der Waals surface area contributed by atoms with E-state index in [4.69, 9.17) is 51.1 Å². The van der Waals surface area contributed by atoms with E-state index in [0.717, 1.165) is 0 Å². The molecule has 0 aliphatic carbocycles. The van der Waals surface area contributed by atoms with Gasteiger partial charge in [0.2, 0.25) is 0 Å². The third-order valence-corrected chi connectivity index (χ3v) is 4.75. The van der Waals surface area contributed by atoms with Crippen molar-refractivity contribution in [2.45, 2.75) is 45.6 Å². The van der Waals surface area contributed by atoms with Crippen molar-refractivity contribution in [3.8, 4) is 0 Å². The first-order valence-electron chi connectivity index (χ1n) is 7.05. The smallest absolute Gasteiger partial charge is 0.546 e. The van der Waals surface area contributed by atoms with Gasteiger partial charge < -0.3 is 70.9 Å². The molecule has 0 unspecified atom stereocenters. The summed E-state index contributed by atoms with van der Waals surface area (Å²) in [5, 5.41) is 109. The molecule has 0 rings (SSSR count). The van der Waals surface area contributed by atoms with Gasteiger partial charge in [0.25, 0.3) is 0 Å². The molecule has 0 bridgehead atoms. The van der Waals surface area contributed by atoms with Crippen LogP contribution < -0.4 is 10.2 Å². The number of carbonyl (C=O) groups excluding carboxylic acids is 2. The molecule has 0 aliphatic heterocycles. The van der Waals surface area contributed by atoms with Crippen LogP contribution in [-0.2, 0) is 9.59 Å². The molecule has 29 heavy (non-hydrogen) atoms. The van der Waals surface area contributed by atoms with E-state index in [9.17, 15) is 19.8 Å². The van der Waals surface area contributed by atoms with Gasteiger partial charge in [0.1, 0.15) is 36.6 Å². The summed E-state index contributed by atoms with van der Waals surface area (Å²) in [4.78, 5) is 20.5. The van der Waals surface area contributed by atoms with Gasteiger partial charge in [-0.25, -0.2) is 0 Å². The summed E-state index contributed by atoms with van der Waals surface area (Å²) >= 11 is 4.40. The number of hydrogen-bond acceptors (Lipinski definition) is 14. The van der Waals surface area contributed by atoms with Gasteiger partial charge in [-0.1, -0.05) is 0 Å². The van der Waals surface area contributed by atoms with Crippen LogP contribution in [0.15, 0.2) is 0 Å². The van der Waals surface area contributed by atoms with Gasteiger partial charge in [0.05, 0.1) is 25.2 Å². The fourth-order valence-electron chi connectivity index (χ4n) is 1.33. The molecule has 0 fully saturated rings. The Morgan fingerprint density at radius 2 is 0.931 bits per heavy atom. The molecule has 0 radical (unpaired) electrons. The van der Waals surface area contributed by atoms with Crippen LogP contribution in [0.1, 0.15) is 0 Å². The second kappa shape index (κ2) is 14.8. The Balaban J connectivity index is -0.000000451. The normalized spacial score (nSPS) is 21.4. The van der Waals surface area contributed by atoms with Crippen LogP contribution in [0.3, 0.4) is 0 Å². The molecular formula is C12H20Br2CaO14. The van der Waals surface area contributed by atoms with Gasteiger partial charge in [0.15, 0.2) is 9.02 Å². The van der Waals surface area contributed by atoms with E-state index in [0.29, 0.717) is 0 Å². The molecule has 8 atom stereocenters. The number of carboxylic acid groups (broad SMARTS) is 2. The summed E-state index contributed by atoms with van der Waals surface area (Å²) < 4.78 is -5.77. The van der Waals surface area contributed by atoms with E-state index in [1.165, 1.54) is 0 Å². The maximum absolute atomic E-state index is 10.3. The first-order chi connectivity index (χ1) is 12.5. The maximum Gasteiger partial charge on any atom is 2.00 e. The monoisotopic (exact) mass is 586 g/mol. The van der Waals surface area contributed by atoms with E-state index in [2.05, 4.69) is 31.9 Å². The molecule has 14 nitrogen and oxygen atoms in total. The summed E-state index contributed by atoms with van der Waals surface area (Å²) in [6.45, 7) is -1.79. The van der Waals surface area contributed by atoms with Gasteiger partial charge in [-0.15, -0.1) is 0 Å². The van der Waals surface area contributed by atoms with E-state index >= 15 is 0 Å². The van der Waals surface area contributed by atoms with Crippen molar-refractivity contribution in [3.05, 3.63) is 0 Å². The van der Waals surface area contributed by atoms with Crippen LogP contribution in [0.5, 0.6) is 0 Å². The quantitative estimate of drug-likeness (QED) is 0.0838. The maximum atomic E-state index is 10.3. The zero-order chi connectivity index (χ0) is 23.0. The fourth-order valence-corrected chi connectivity index (χ4v) is 1.87. The number of aliphatic hydroxyl groups excluding tert-OH is 8. The van der Waals surface area contributed by atoms with E-state index < -0.39 is 70.8 Å². The van der Waals surface area contributed by atoms with Crippen LogP contribution in [-0.4, -0.2) is 160 Å². The molecule has 0 saturated carbocycles. The zero-order valence-corrected chi connectivity index (χ0v) is 19.8. The van der Waals surface area contributed by atoms with Crippen LogP contribution >= 0.6 is 31.9 Å². The minimum atomic E-state index is -2.89. The van der Waals surface area contributed by atoms with Gasteiger partial charge >= 0.3 is 37.7 Å². The first-order valence-corrected chi connectivity index (χ1v) is 8.64. The van der Waals surface area contributed by atoms with E-state index in [-0.39, 0.29) is 37.7 Å². The minimum Gasteiger partial charge on any atom is -0.546 e. The Labute approximate surface area is 209 Å². The summed E-state index contributed by atoms with van der Waals surface area (Å²) in [5.74, 6) is -4.15. The molecule has 0 aromatic heterocycles. The molecule has 0 aromatic rings. The van der Waals surface area contributed by atoms with E-state index in [1.54, 1.807) is 0 Å². The van der Waals surface area contributed by atoms with Gasteiger partial charge in [-0.3, -0.25) is 0 Å². The molecular weight excluding hydrogens is 568 g/mol. The van der Waals surface area contributed by atoms with Crippen molar-refractivity contribution in [2.24, 2.45) is 0 Å².